The molecular weight excluding hydrogens is 160 g/mol. The molecule has 0 saturated heterocycles. The summed E-state index contributed by atoms with van der Waals surface area (Å²) in [5.41, 5.74) is 0.247. The lowest BCUT2D eigenvalue weighted by molar-refractivity contribution is -0.132. The van der Waals surface area contributed by atoms with Gasteiger partial charge in [-0.15, -0.1) is 0 Å². The first-order valence-electron chi connectivity index (χ1n) is 5.84. The van der Waals surface area contributed by atoms with Crippen LogP contribution in [0.15, 0.2) is 0 Å². The van der Waals surface area contributed by atoms with Gasteiger partial charge in [0.25, 0.3) is 0 Å². The van der Waals surface area contributed by atoms with Crippen molar-refractivity contribution < 1.29 is 4.79 Å². The highest BCUT2D eigenvalue weighted by atomic mass is 16.1. The van der Waals surface area contributed by atoms with Gasteiger partial charge in [0.15, 0.2) is 0 Å². The Labute approximate surface area is 78.9 Å². The van der Waals surface area contributed by atoms with Crippen LogP contribution in [0.4, 0.5) is 0 Å². The van der Waals surface area contributed by atoms with Crippen molar-refractivity contribution in [3.05, 3.63) is 0 Å². The van der Waals surface area contributed by atoms with Crippen molar-refractivity contribution in [3.63, 3.8) is 0 Å². The Hall–Kier alpha value is -0.330. The molecule has 4 saturated carbocycles. The fourth-order valence-corrected chi connectivity index (χ4v) is 4.69. The van der Waals surface area contributed by atoms with Gasteiger partial charge < -0.3 is 0 Å². The highest BCUT2D eigenvalue weighted by molar-refractivity contribution is 5.91. The standard InChI is InChI=1S/C12H16O/c13-11-7-1-2-10(4-7)12(11)5-8-3-9(8)6-12/h7-10H,1-6H2/t7?,8?,9?,10-,12?/m0/s1. The van der Waals surface area contributed by atoms with Gasteiger partial charge in [0.2, 0.25) is 0 Å². The van der Waals surface area contributed by atoms with Gasteiger partial charge in [-0.3, -0.25) is 4.79 Å². The smallest absolute Gasteiger partial charge is 0.142 e. The van der Waals surface area contributed by atoms with E-state index in [2.05, 4.69) is 0 Å². The molecule has 4 rings (SSSR count). The third kappa shape index (κ3) is 0.660. The van der Waals surface area contributed by atoms with Crippen LogP contribution in [0.3, 0.4) is 0 Å². The number of hydrogen-bond donors (Lipinski definition) is 0. The predicted molar refractivity (Wildman–Crippen MR) is 49.1 cm³/mol. The summed E-state index contributed by atoms with van der Waals surface area (Å²) in [5.74, 6) is 3.96. The van der Waals surface area contributed by atoms with Gasteiger partial charge >= 0.3 is 0 Å². The summed E-state index contributed by atoms with van der Waals surface area (Å²) >= 11 is 0. The molecule has 70 valence electrons. The molecule has 0 aromatic carbocycles. The minimum absolute atomic E-state index is 0.247. The summed E-state index contributed by atoms with van der Waals surface area (Å²) in [4.78, 5) is 12.2. The molecule has 3 unspecified atom stereocenters. The topological polar surface area (TPSA) is 17.1 Å². The molecule has 1 nitrogen and oxygen atoms in total. The van der Waals surface area contributed by atoms with E-state index in [1.165, 1.54) is 38.5 Å². The molecule has 13 heavy (non-hydrogen) atoms. The quantitative estimate of drug-likeness (QED) is 0.554. The summed E-state index contributed by atoms with van der Waals surface area (Å²) in [6.07, 6.45) is 7.89. The fourth-order valence-electron chi connectivity index (χ4n) is 4.69. The molecule has 4 atom stereocenters. The molecule has 1 spiro atoms. The monoisotopic (exact) mass is 176 g/mol. The van der Waals surface area contributed by atoms with Crippen molar-refractivity contribution >= 4 is 5.78 Å². The molecule has 1 heteroatoms. The van der Waals surface area contributed by atoms with E-state index in [4.69, 9.17) is 0 Å². The molecule has 4 aliphatic carbocycles. The summed E-state index contributed by atoms with van der Waals surface area (Å²) in [5, 5.41) is 0. The maximum absolute atomic E-state index is 12.2. The van der Waals surface area contributed by atoms with Crippen LogP contribution >= 0.6 is 0 Å². The average Bonchev–Trinajstić information content (AvgIpc) is 2.55. The second kappa shape index (κ2) is 1.87. The SMILES string of the molecule is O=C1C2CC[C@@H](C2)C12CC1CC1C2. The molecule has 4 aliphatic rings. The normalized spacial score (nSPS) is 62.0. The third-order valence-corrected chi connectivity index (χ3v) is 5.40. The van der Waals surface area contributed by atoms with E-state index in [-0.39, 0.29) is 5.41 Å². The molecule has 0 N–H and O–H groups in total. The molecule has 0 aromatic heterocycles. The summed E-state index contributed by atoms with van der Waals surface area (Å²) < 4.78 is 0. The van der Waals surface area contributed by atoms with Gasteiger partial charge in [0.05, 0.1) is 0 Å². The van der Waals surface area contributed by atoms with Crippen LogP contribution in [0, 0.1) is 29.1 Å². The number of fused-ring (bicyclic) bond motifs is 4. The molecule has 0 aliphatic heterocycles. The Morgan fingerprint density at radius 2 is 1.85 bits per heavy atom. The van der Waals surface area contributed by atoms with Crippen LogP contribution in [0.1, 0.15) is 38.5 Å². The molecule has 0 radical (unpaired) electrons. The lowest BCUT2D eigenvalue weighted by Gasteiger charge is -2.33. The summed E-state index contributed by atoms with van der Waals surface area (Å²) in [6, 6.07) is 0. The third-order valence-electron chi connectivity index (χ3n) is 5.40. The van der Waals surface area contributed by atoms with Crippen molar-refractivity contribution in [2.45, 2.75) is 38.5 Å². The minimum atomic E-state index is 0.247. The summed E-state index contributed by atoms with van der Waals surface area (Å²) in [6.45, 7) is 0. The fraction of sp³-hybridized carbons (Fsp3) is 0.917. The number of carbonyl (C=O) groups is 1. The van der Waals surface area contributed by atoms with Crippen molar-refractivity contribution in [3.8, 4) is 0 Å². The number of Topliss-reactive ketones (excluding diaryl/α,β-unsaturated/α-hetero) is 1. The Morgan fingerprint density at radius 3 is 2.46 bits per heavy atom. The maximum atomic E-state index is 12.2. The van der Waals surface area contributed by atoms with Gasteiger partial charge in [-0.25, -0.2) is 0 Å². The van der Waals surface area contributed by atoms with Crippen molar-refractivity contribution in [1.29, 1.82) is 0 Å². The van der Waals surface area contributed by atoms with Crippen LogP contribution in [-0.2, 0) is 4.79 Å². The molecule has 2 bridgehead atoms. The van der Waals surface area contributed by atoms with Crippen LogP contribution in [-0.4, -0.2) is 5.78 Å². The van der Waals surface area contributed by atoms with E-state index in [1.807, 2.05) is 0 Å². The zero-order chi connectivity index (χ0) is 8.63. The molecule has 0 amide bonds. The Kier molecular flexibility index (Phi) is 1.01. The van der Waals surface area contributed by atoms with Gasteiger partial charge in [-0.1, -0.05) is 0 Å². The van der Waals surface area contributed by atoms with E-state index in [1.54, 1.807) is 0 Å². The number of carbonyl (C=O) groups excluding carboxylic acids is 1. The summed E-state index contributed by atoms with van der Waals surface area (Å²) in [7, 11) is 0. The second-order valence-corrected chi connectivity index (χ2v) is 5.89. The Bertz CT molecular complexity index is 283. The van der Waals surface area contributed by atoms with Crippen LogP contribution in [0.5, 0.6) is 0 Å². The molecule has 0 heterocycles. The van der Waals surface area contributed by atoms with E-state index >= 15 is 0 Å². The first-order chi connectivity index (χ1) is 6.29. The van der Waals surface area contributed by atoms with E-state index in [0.717, 1.165) is 17.8 Å². The highest BCUT2D eigenvalue weighted by Crippen LogP contribution is 2.69. The van der Waals surface area contributed by atoms with E-state index < -0.39 is 0 Å². The molecular formula is C12H16O. The van der Waals surface area contributed by atoms with Crippen LogP contribution < -0.4 is 0 Å². The lowest BCUT2D eigenvalue weighted by atomic mass is 9.69. The van der Waals surface area contributed by atoms with Gasteiger partial charge in [-0.05, 0) is 56.3 Å². The first kappa shape index (κ1) is 7.03. The number of rotatable bonds is 0. The van der Waals surface area contributed by atoms with Gasteiger partial charge in [-0.2, -0.15) is 0 Å². The van der Waals surface area contributed by atoms with Crippen molar-refractivity contribution in [2.75, 3.05) is 0 Å². The van der Waals surface area contributed by atoms with Gasteiger partial charge in [0.1, 0.15) is 5.78 Å². The second-order valence-electron chi connectivity index (χ2n) is 5.89. The van der Waals surface area contributed by atoms with Crippen molar-refractivity contribution in [1.82, 2.24) is 0 Å². The lowest BCUT2D eigenvalue weighted by Crippen LogP contribution is -2.35. The van der Waals surface area contributed by atoms with Crippen LogP contribution in [0.2, 0.25) is 0 Å². The number of hydrogen-bond acceptors (Lipinski definition) is 1. The zero-order valence-corrected chi connectivity index (χ0v) is 7.96. The van der Waals surface area contributed by atoms with E-state index in [0.29, 0.717) is 11.7 Å². The van der Waals surface area contributed by atoms with E-state index in [9.17, 15) is 4.79 Å². The van der Waals surface area contributed by atoms with Crippen LogP contribution in [0.25, 0.3) is 0 Å². The largest absolute Gasteiger partial charge is 0.299 e. The van der Waals surface area contributed by atoms with Crippen molar-refractivity contribution in [2.24, 2.45) is 29.1 Å². The van der Waals surface area contributed by atoms with Gasteiger partial charge in [0, 0.05) is 11.3 Å². The average molecular weight is 176 g/mol. The highest BCUT2D eigenvalue weighted by Gasteiger charge is 2.65. The molecule has 4 fully saturated rings. The maximum Gasteiger partial charge on any atom is 0.142 e. The number of ketones is 1. The minimum Gasteiger partial charge on any atom is -0.299 e. The predicted octanol–water partition coefficient (Wildman–Crippen LogP) is 2.40. The molecule has 0 aromatic rings. The Morgan fingerprint density at radius 1 is 1.08 bits per heavy atom. The first-order valence-corrected chi connectivity index (χ1v) is 5.84. The Balaban J connectivity index is 1.76. The zero-order valence-electron chi connectivity index (χ0n) is 7.96.